The van der Waals surface area contributed by atoms with E-state index in [0.29, 0.717) is 6.42 Å². The second-order valence-electron chi connectivity index (χ2n) is 6.00. The van der Waals surface area contributed by atoms with Crippen LogP contribution in [-0.4, -0.2) is 54.2 Å². The van der Waals surface area contributed by atoms with Crippen LogP contribution in [0.15, 0.2) is 47.8 Å². The van der Waals surface area contributed by atoms with Crippen molar-refractivity contribution >= 4 is 23.0 Å². The van der Waals surface area contributed by atoms with E-state index in [0.717, 1.165) is 49.6 Å². The van der Waals surface area contributed by atoms with Crippen LogP contribution in [-0.2, 0) is 0 Å². The van der Waals surface area contributed by atoms with Gasteiger partial charge in [-0.2, -0.15) is 0 Å². The molecule has 0 atom stereocenters. The molecule has 1 aromatic heterocycles. The third kappa shape index (κ3) is 4.30. The Kier molecular flexibility index (Phi) is 5.77. The molecular formula is C19H22N2O2S. The van der Waals surface area contributed by atoms with Crippen LogP contribution in [0.25, 0.3) is 0 Å². The van der Waals surface area contributed by atoms with E-state index in [1.807, 2.05) is 52.7 Å². The van der Waals surface area contributed by atoms with Crippen molar-refractivity contribution in [2.45, 2.75) is 12.8 Å². The standard InChI is InChI=1S/C19H22N2O2S/c22-17(16-6-2-1-3-7-16)8-4-10-20-11-13-21(14-12-20)19(23)18-9-5-15-24-18/h1-3,5-7,9,15H,4,8,10-14H2. The molecular weight excluding hydrogens is 320 g/mol. The Bertz CT molecular complexity index is 662. The predicted octanol–water partition coefficient (Wildman–Crippen LogP) is 3.17. The normalized spacial score (nSPS) is 15.4. The van der Waals surface area contributed by atoms with Gasteiger partial charge in [-0.3, -0.25) is 14.5 Å². The summed E-state index contributed by atoms with van der Waals surface area (Å²) in [5.41, 5.74) is 0.795. The predicted molar refractivity (Wildman–Crippen MR) is 96.7 cm³/mol. The molecule has 1 aromatic carbocycles. The minimum atomic E-state index is 0.143. The smallest absolute Gasteiger partial charge is 0.264 e. The van der Waals surface area contributed by atoms with Crippen molar-refractivity contribution in [2.75, 3.05) is 32.7 Å². The molecule has 24 heavy (non-hydrogen) atoms. The molecule has 1 fully saturated rings. The molecule has 0 radical (unpaired) electrons. The Labute approximate surface area is 146 Å². The highest BCUT2D eigenvalue weighted by molar-refractivity contribution is 7.12. The zero-order valence-corrected chi connectivity index (χ0v) is 14.5. The molecule has 0 saturated carbocycles. The topological polar surface area (TPSA) is 40.6 Å². The van der Waals surface area contributed by atoms with E-state index in [2.05, 4.69) is 4.90 Å². The Morgan fingerprint density at radius 3 is 2.38 bits per heavy atom. The average molecular weight is 342 g/mol. The van der Waals surface area contributed by atoms with Crippen molar-refractivity contribution in [3.8, 4) is 0 Å². The second kappa shape index (κ2) is 8.22. The van der Waals surface area contributed by atoms with Gasteiger partial charge in [-0.15, -0.1) is 11.3 Å². The fourth-order valence-corrected chi connectivity index (χ4v) is 3.65. The first kappa shape index (κ1) is 16.9. The highest BCUT2D eigenvalue weighted by Gasteiger charge is 2.22. The number of thiophene rings is 1. The first-order chi connectivity index (χ1) is 11.7. The van der Waals surface area contributed by atoms with Gasteiger partial charge in [0.2, 0.25) is 0 Å². The number of benzene rings is 1. The molecule has 1 saturated heterocycles. The number of hydrogen-bond donors (Lipinski definition) is 0. The summed E-state index contributed by atoms with van der Waals surface area (Å²) in [6.45, 7) is 4.22. The third-order valence-electron chi connectivity index (χ3n) is 4.37. The highest BCUT2D eigenvalue weighted by atomic mass is 32.1. The van der Waals surface area contributed by atoms with Crippen molar-refractivity contribution in [1.29, 1.82) is 0 Å². The van der Waals surface area contributed by atoms with Crippen LogP contribution >= 0.6 is 11.3 Å². The van der Waals surface area contributed by atoms with Gasteiger partial charge in [0.25, 0.3) is 5.91 Å². The lowest BCUT2D eigenvalue weighted by atomic mass is 10.1. The van der Waals surface area contributed by atoms with Gasteiger partial charge in [0.05, 0.1) is 4.88 Å². The summed E-state index contributed by atoms with van der Waals surface area (Å²) in [6, 6.07) is 13.3. The number of rotatable bonds is 6. The molecule has 1 aliphatic heterocycles. The molecule has 4 nitrogen and oxygen atoms in total. The van der Waals surface area contributed by atoms with E-state index in [4.69, 9.17) is 0 Å². The lowest BCUT2D eigenvalue weighted by Crippen LogP contribution is -2.48. The van der Waals surface area contributed by atoms with Crippen molar-refractivity contribution in [3.05, 3.63) is 58.3 Å². The molecule has 2 aromatic rings. The Balaban J connectivity index is 1.38. The van der Waals surface area contributed by atoms with Gasteiger partial charge in [-0.1, -0.05) is 36.4 Å². The molecule has 0 aliphatic carbocycles. The molecule has 0 N–H and O–H groups in total. The molecule has 5 heteroatoms. The number of nitrogens with zero attached hydrogens (tertiary/aromatic N) is 2. The number of carbonyl (C=O) groups is 2. The monoisotopic (exact) mass is 342 g/mol. The number of piperazine rings is 1. The fraction of sp³-hybridized carbons (Fsp3) is 0.368. The maximum atomic E-state index is 12.3. The summed E-state index contributed by atoms with van der Waals surface area (Å²) < 4.78 is 0. The first-order valence-electron chi connectivity index (χ1n) is 8.37. The van der Waals surface area contributed by atoms with Gasteiger partial charge >= 0.3 is 0 Å². The van der Waals surface area contributed by atoms with E-state index in [-0.39, 0.29) is 11.7 Å². The van der Waals surface area contributed by atoms with E-state index < -0.39 is 0 Å². The van der Waals surface area contributed by atoms with Gasteiger partial charge in [-0.05, 0) is 24.4 Å². The lowest BCUT2D eigenvalue weighted by Gasteiger charge is -2.34. The maximum absolute atomic E-state index is 12.3. The van der Waals surface area contributed by atoms with Crippen LogP contribution in [0.5, 0.6) is 0 Å². The molecule has 3 rings (SSSR count). The van der Waals surface area contributed by atoms with Gasteiger partial charge in [-0.25, -0.2) is 0 Å². The minimum absolute atomic E-state index is 0.143. The molecule has 0 spiro atoms. The van der Waals surface area contributed by atoms with Gasteiger partial charge in [0, 0.05) is 38.2 Å². The van der Waals surface area contributed by atoms with E-state index >= 15 is 0 Å². The summed E-state index contributed by atoms with van der Waals surface area (Å²) >= 11 is 1.50. The van der Waals surface area contributed by atoms with Crippen LogP contribution in [0.2, 0.25) is 0 Å². The molecule has 1 amide bonds. The summed E-state index contributed by atoms with van der Waals surface area (Å²) in [4.78, 5) is 29.5. The quantitative estimate of drug-likeness (QED) is 0.757. The summed E-state index contributed by atoms with van der Waals surface area (Å²) in [5.74, 6) is 0.353. The third-order valence-corrected chi connectivity index (χ3v) is 5.22. The van der Waals surface area contributed by atoms with Gasteiger partial charge < -0.3 is 4.90 Å². The number of amides is 1. The number of carbonyl (C=O) groups excluding carboxylic acids is 2. The van der Waals surface area contributed by atoms with Crippen molar-refractivity contribution in [1.82, 2.24) is 9.80 Å². The van der Waals surface area contributed by atoms with Crippen molar-refractivity contribution in [2.24, 2.45) is 0 Å². The Morgan fingerprint density at radius 1 is 0.958 bits per heavy atom. The summed E-state index contributed by atoms with van der Waals surface area (Å²) in [7, 11) is 0. The van der Waals surface area contributed by atoms with Crippen molar-refractivity contribution in [3.63, 3.8) is 0 Å². The first-order valence-corrected chi connectivity index (χ1v) is 9.25. The van der Waals surface area contributed by atoms with Crippen LogP contribution in [0, 0.1) is 0 Å². The van der Waals surface area contributed by atoms with E-state index in [1.165, 1.54) is 11.3 Å². The maximum Gasteiger partial charge on any atom is 0.264 e. The lowest BCUT2D eigenvalue weighted by molar-refractivity contribution is 0.0640. The number of Topliss-reactive ketones (excluding diaryl/α,β-unsaturated/α-hetero) is 1. The highest BCUT2D eigenvalue weighted by Crippen LogP contribution is 2.14. The molecule has 126 valence electrons. The van der Waals surface area contributed by atoms with Crippen LogP contribution in [0.4, 0.5) is 0 Å². The number of ketones is 1. The zero-order valence-electron chi connectivity index (χ0n) is 13.7. The second-order valence-corrected chi connectivity index (χ2v) is 6.95. The number of hydrogen-bond acceptors (Lipinski definition) is 4. The summed E-state index contributed by atoms with van der Waals surface area (Å²) in [6.07, 6.45) is 1.45. The van der Waals surface area contributed by atoms with Gasteiger partial charge in [0.15, 0.2) is 5.78 Å². The molecule has 0 unspecified atom stereocenters. The Hall–Kier alpha value is -1.98. The van der Waals surface area contributed by atoms with Gasteiger partial charge in [0.1, 0.15) is 0 Å². The Morgan fingerprint density at radius 2 is 1.71 bits per heavy atom. The minimum Gasteiger partial charge on any atom is -0.335 e. The molecule has 1 aliphatic rings. The zero-order chi connectivity index (χ0) is 16.8. The van der Waals surface area contributed by atoms with Crippen LogP contribution in [0.3, 0.4) is 0 Å². The SMILES string of the molecule is O=C(CCCN1CCN(C(=O)c2cccs2)CC1)c1ccccc1. The van der Waals surface area contributed by atoms with Crippen molar-refractivity contribution < 1.29 is 9.59 Å². The largest absolute Gasteiger partial charge is 0.335 e. The van der Waals surface area contributed by atoms with E-state index in [9.17, 15) is 9.59 Å². The fourth-order valence-electron chi connectivity index (χ4n) is 2.96. The molecule has 2 heterocycles. The average Bonchev–Trinajstić information content (AvgIpc) is 3.17. The van der Waals surface area contributed by atoms with E-state index in [1.54, 1.807) is 0 Å². The molecule has 0 bridgehead atoms. The van der Waals surface area contributed by atoms with Crippen LogP contribution < -0.4 is 0 Å². The van der Waals surface area contributed by atoms with Crippen LogP contribution in [0.1, 0.15) is 32.9 Å². The summed E-state index contributed by atoms with van der Waals surface area (Å²) in [5, 5.41) is 1.94.